The average Bonchev–Trinajstić information content (AvgIpc) is 2.29. The summed E-state index contributed by atoms with van der Waals surface area (Å²) in [5.41, 5.74) is 0. The number of nitrogens with zero attached hydrogens (tertiary/aromatic N) is 1. The summed E-state index contributed by atoms with van der Waals surface area (Å²) in [4.78, 5) is 24.4. The minimum Gasteiger partial charge on any atom is -0.480 e. The van der Waals surface area contributed by atoms with Crippen molar-refractivity contribution in [1.29, 1.82) is 0 Å². The Morgan fingerprint density at radius 2 is 2.19 bits per heavy atom. The largest absolute Gasteiger partial charge is 0.480 e. The number of thioether (sulfide) groups is 1. The molecule has 1 heterocycles. The highest BCUT2D eigenvalue weighted by Gasteiger charge is 2.31. The molecular weight excluding hydrogens is 226 g/mol. The molecule has 0 aromatic carbocycles. The van der Waals surface area contributed by atoms with Crippen molar-refractivity contribution >= 4 is 23.6 Å². The maximum atomic E-state index is 11.8. The Kier molecular flexibility index (Phi) is 5.66. The molecule has 0 bridgehead atoms. The Labute approximate surface area is 100 Å². The molecule has 1 N–H and O–H groups in total. The summed E-state index contributed by atoms with van der Waals surface area (Å²) in [6.07, 6.45) is 5.76. The monoisotopic (exact) mass is 245 g/mol. The lowest BCUT2D eigenvalue weighted by atomic mass is 10.0. The molecule has 92 valence electrons. The highest BCUT2D eigenvalue weighted by molar-refractivity contribution is 7.98. The Morgan fingerprint density at radius 3 is 2.81 bits per heavy atom. The third kappa shape index (κ3) is 3.70. The van der Waals surface area contributed by atoms with Crippen molar-refractivity contribution in [2.24, 2.45) is 0 Å². The number of piperidine rings is 1. The Bertz CT molecular complexity index is 258. The summed E-state index contributed by atoms with van der Waals surface area (Å²) in [5, 5.41) is 9.03. The van der Waals surface area contributed by atoms with Crippen molar-refractivity contribution in [3.8, 4) is 0 Å². The van der Waals surface area contributed by atoms with Crippen LogP contribution in [0.25, 0.3) is 0 Å². The van der Waals surface area contributed by atoms with Crippen molar-refractivity contribution in [3.05, 3.63) is 0 Å². The molecule has 1 aliphatic heterocycles. The number of carboxylic acid groups (broad SMARTS) is 1. The van der Waals surface area contributed by atoms with E-state index in [0.717, 1.165) is 25.0 Å². The minimum atomic E-state index is -0.863. The van der Waals surface area contributed by atoms with E-state index in [2.05, 4.69) is 0 Å². The van der Waals surface area contributed by atoms with Gasteiger partial charge in [-0.1, -0.05) is 0 Å². The Balaban J connectivity index is 2.47. The molecule has 1 unspecified atom stereocenters. The molecule has 0 aromatic heterocycles. The van der Waals surface area contributed by atoms with Crippen LogP contribution in [0.5, 0.6) is 0 Å². The smallest absolute Gasteiger partial charge is 0.326 e. The first-order valence-corrected chi connectivity index (χ1v) is 7.07. The molecule has 0 aliphatic carbocycles. The first-order chi connectivity index (χ1) is 7.66. The predicted molar refractivity (Wildman–Crippen MR) is 64.6 cm³/mol. The van der Waals surface area contributed by atoms with Crippen LogP contribution in [-0.2, 0) is 9.59 Å². The summed E-state index contributed by atoms with van der Waals surface area (Å²) in [7, 11) is 0. The topological polar surface area (TPSA) is 57.6 Å². The van der Waals surface area contributed by atoms with Gasteiger partial charge >= 0.3 is 5.97 Å². The predicted octanol–water partition coefficient (Wildman–Crippen LogP) is 1.60. The molecule has 1 atom stereocenters. The molecule has 0 radical (unpaired) electrons. The maximum Gasteiger partial charge on any atom is 0.326 e. The number of amides is 1. The molecule has 1 aliphatic rings. The normalized spacial score (nSPS) is 20.8. The number of carbonyl (C=O) groups excluding carboxylic acids is 1. The Hall–Kier alpha value is -0.710. The maximum absolute atomic E-state index is 11.8. The SMILES string of the molecule is CSCCCC(=O)N1CCCCC1C(=O)O. The van der Waals surface area contributed by atoms with Crippen LogP contribution in [0, 0.1) is 0 Å². The summed E-state index contributed by atoms with van der Waals surface area (Å²) >= 11 is 1.71. The first kappa shape index (κ1) is 13.4. The van der Waals surface area contributed by atoms with Gasteiger partial charge in [0, 0.05) is 13.0 Å². The van der Waals surface area contributed by atoms with E-state index in [0.29, 0.717) is 19.4 Å². The standard InChI is InChI=1S/C11H19NO3S/c1-16-8-4-6-10(13)12-7-3-2-5-9(12)11(14)15/h9H,2-8H2,1H3,(H,14,15). The second kappa shape index (κ2) is 6.78. The lowest BCUT2D eigenvalue weighted by molar-refractivity contribution is -0.152. The molecule has 0 spiro atoms. The van der Waals surface area contributed by atoms with Gasteiger partial charge in [0.15, 0.2) is 0 Å². The molecule has 4 nitrogen and oxygen atoms in total. The molecule has 5 heteroatoms. The van der Waals surface area contributed by atoms with Crippen molar-refractivity contribution in [2.75, 3.05) is 18.6 Å². The Morgan fingerprint density at radius 1 is 1.44 bits per heavy atom. The van der Waals surface area contributed by atoms with E-state index < -0.39 is 12.0 Å². The van der Waals surface area contributed by atoms with E-state index in [1.807, 2.05) is 6.26 Å². The summed E-state index contributed by atoms with van der Waals surface area (Å²) in [6, 6.07) is -0.587. The van der Waals surface area contributed by atoms with Crippen molar-refractivity contribution < 1.29 is 14.7 Å². The van der Waals surface area contributed by atoms with Crippen LogP contribution in [0.4, 0.5) is 0 Å². The number of likely N-dealkylation sites (tertiary alicyclic amines) is 1. The molecule has 1 amide bonds. The number of hydrogen-bond donors (Lipinski definition) is 1. The zero-order valence-electron chi connectivity index (χ0n) is 9.65. The lowest BCUT2D eigenvalue weighted by Crippen LogP contribution is -2.47. The first-order valence-electron chi connectivity index (χ1n) is 5.68. The van der Waals surface area contributed by atoms with Crippen molar-refractivity contribution in [3.63, 3.8) is 0 Å². The number of carboxylic acids is 1. The number of hydrogen-bond acceptors (Lipinski definition) is 3. The number of rotatable bonds is 5. The highest BCUT2D eigenvalue weighted by atomic mass is 32.2. The van der Waals surface area contributed by atoms with Crippen LogP contribution in [0.15, 0.2) is 0 Å². The quantitative estimate of drug-likeness (QED) is 0.747. The van der Waals surface area contributed by atoms with E-state index in [9.17, 15) is 9.59 Å². The van der Waals surface area contributed by atoms with Gasteiger partial charge in [0.2, 0.25) is 5.91 Å². The van der Waals surface area contributed by atoms with Gasteiger partial charge < -0.3 is 10.0 Å². The molecule has 0 saturated carbocycles. The van der Waals surface area contributed by atoms with Crippen LogP contribution in [0.3, 0.4) is 0 Å². The van der Waals surface area contributed by atoms with E-state index in [1.165, 1.54) is 0 Å². The van der Waals surface area contributed by atoms with Gasteiger partial charge in [-0.2, -0.15) is 11.8 Å². The molecular formula is C11H19NO3S. The summed E-state index contributed by atoms with van der Waals surface area (Å²) in [6.45, 7) is 0.606. The molecule has 1 fully saturated rings. The fourth-order valence-corrected chi connectivity index (χ4v) is 2.43. The van der Waals surface area contributed by atoms with Crippen LogP contribution in [0.1, 0.15) is 32.1 Å². The van der Waals surface area contributed by atoms with Crippen LogP contribution in [-0.4, -0.2) is 46.5 Å². The van der Waals surface area contributed by atoms with E-state index in [-0.39, 0.29) is 5.91 Å². The van der Waals surface area contributed by atoms with E-state index in [1.54, 1.807) is 16.7 Å². The van der Waals surface area contributed by atoms with Gasteiger partial charge in [0.25, 0.3) is 0 Å². The highest BCUT2D eigenvalue weighted by Crippen LogP contribution is 2.18. The van der Waals surface area contributed by atoms with Crippen LogP contribution >= 0.6 is 11.8 Å². The van der Waals surface area contributed by atoms with Gasteiger partial charge in [-0.05, 0) is 37.7 Å². The minimum absolute atomic E-state index is 0.00106. The van der Waals surface area contributed by atoms with E-state index in [4.69, 9.17) is 5.11 Å². The second-order valence-corrected chi connectivity index (χ2v) is 5.02. The number of aliphatic carboxylic acids is 1. The molecule has 1 saturated heterocycles. The number of carbonyl (C=O) groups is 2. The lowest BCUT2D eigenvalue weighted by Gasteiger charge is -2.33. The zero-order valence-corrected chi connectivity index (χ0v) is 10.5. The summed E-state index contributed by atoms with van der Waals surface area (Å²) in [5.74, 6) is 0.0937. The van der Waals surface area contributed by atoms with Crippen LogP contribution < -0.4 is 0 Å². The summed E-state index contributed by atoms with van der Waals surface area (Å²) < 4.78 is 0. The van der Waals surface area contributed by atoms with Gasteiger partial charge in [0.05, 0.1) is 0 Å². The van der Waals surface area contributed by atoms with Gasteiger partial charge in [-0.25, -0.2) is 4.79 Å². The van der Waals surface area contributed by atoms with Crippen LogP contribution in [0.2, 0.25) is 0 Å². The molecule has 0 aromatic rings. The average molecular weight is 245 g/mol. The third-order valence-electron chi connectivity index (χ3n) is 2.85. The fraction of sp³-hybridized carbons (Fsp3) is 0.818. The third-order valence-corrected chi connectivity index (χ3v) is 3.54. The zero-order chi connectivity index (χ0) is 12.0. The van der Waals surface area contributed by atoms with Crippen molar-refractivity contribution in [1.82, 2.24) is 4.90 Å². The second-order valence-electron chi connectivity index (χ2n) is 4.03. The van der Waals surface area contributed by atoms with Gasteiger partial charge in [-0.15, -0.1) is 0 Å². The molecule has 16 heavy (non-hydrogen) atoms. The molecule has 1 rings (SSSR count). The fourth-order valence-electron chi connectivity index (χ4n) is 2.00. The van der Waals surface area contributed by atoms with Crippen molar-refractivity contribution in [2.45, 2.75) is 38.1 Å². The van der Waals surface area contributed by atoms with E-state index >= 15 is 0 Å². The van der Waals surface area contributed by atoms with Gasteiger partial charge in [0.1, 0.15) is 6.04 Å². The van der Waals surface area contributed by atoms with Gasteiger partial charge in [-0.3, -0.25) is 4.79 Å².